The van der Waals surface area contributed by atoms with E-state index in [2.05, 4.69) is 24.3 Å². The molecule has 2 aromatic rings. The first-order valence-corrected chi connectivity index (χ1v) is 7.26. The predicted octanol–water partition coefficient (Wildman–Crippen LogP) is 3.35. The minimum absolute atomic E-state index is 0.224. The summed E-state index contributed by atoms with van der Waals surface area (Å²) in [6.07, 6.45) is 2.17. The molecule has 0 unspecified atom stereocenters. The second kappa shape index (κ2) is 5.78. The van der Waals surface area contributed by atoms with Gasteiger partial charge in [0.25, 0.3) is 0 Å². The molecule has 0 amide bonds. The molecule has 1 aliphatic rings. The summed E-state index contributed by atoms with van der Waals surface area (Å²) in [5.74, 6) is 1.75. The van der Waals surface area contributed by atoms with E-state index in [-0.39, 0.29) is 5.54 Å². The predicted molar refractivity (Wildman–Crippen MR) is 83.0 cm³/mol. The summed E-state index contributed by atoms with van der Waals surface area (Å²) >= 11 is 0. The van der Waals surface area contributed by atoms with E-state index in [0.29, 0.717) is 0 Å². The van der Waals surface area contributed by atoms with Crippen LogP contribution >= 0.6 is 0 Å². The Morgan fingerprint density at radius 1 is 0.810 bits per heavy atom. The third-order valence-corrected chi connectivity index (χ3v) is 4.21. The zero-order valence-corrected chi connectivity index (χ0v) is 12.5. The zero-order chi connectivity index (χ0) is 14.7. The third kappa shape index (κ3) is 2.49. The molecule has 1 fully saturated rings. The summed E-state index contributed by atoms with van der Waals surface area (Å²) in [5.41, 5.74) is 2.23. The molecular weight excluding hydrogens is 262 g/mol. The van der Waals surface area contributed by atoms with Gasteiger partial charge in [0.05, 0.1) is 19.8 Å². The Labute approximate surface area is 125 Å². The molecule has 2 aromatic carbocycles. The van der Waals surface area contributed by atoms with Crippen molar-refractivity contribution < 1.29 is 9.47 Å². The Morgan fingerprint density at radius 2 is 1.29 bits per heavy atom. The first kappa shape index (κ1) is 14.0. The van der Waals surface area contributed by atoms with Crippen molar-refractivity contribution in [1.82, 2.24) is 5.32 Å². The molecular formula is C18H20NO2. The van der Waals surface area contributed by atoms with Gasteiger partial charge in [-0.2, -0.15) is 0 Å². The highest BCUT2D eigenvalue weighted by Crippen LogP contribution is 2.40. The Morgan fingerprint density at radius 3 is 1.62 bits per heavy atom. The van der Waals surface area contributed by atoms with Crippen LogP contribution in [0.3, 0.4) is 0 Å². The molecule has 1 saturated heterocycles. The number of ether oxygens (including phenoxy) is 2. The highest BCUT2D eigenvalue weighted by atomic mass is 16.5. The maximum absolute atomic E-state index is 5.25. The zero-order valence-electron chi connectivity index (χ0n) is 12.5. The average Bonchev–Trinajstić information content (AvgIpc) is 3.06. The van der Waals surface area contributed by atoms with E-state index in [1.807, 2.05) is 24.3 Å². The third-order valence-electron chi connectivity index (χ3n) is 4.21. The Hall–Kier alpha value is -2.00. The lowest BCUT2D eigenvalue weighted by Crippen LogP contribution is -2.32. The lowest BCUT2D eigenvalue weighted by molar-refractivity contribution is 0.411. The maximum Gasteiger partial charge on any atom is 0.118 e. The SMILES string of the molecule is COc1ccc(C2(c3ccc(OC)cc3)CCC[N]2)cc1. The topological polar surface area (TPSA) is 32.6 Å². The quantitative estimate of drug-likeness (QED) is 0.861. The van der Waals surface area contributed by atoms with E-state index in [1.54, 1.807) is 14.2 Å². The van der Waals surface area contributed by atoms with Crippen molar-refractivity contribution in [3.05, 3.63) is 59.7 Å². The van der Waals surface area contributed by atoms with Crippen LogP contribution in [0.4, 0.5) is 0 Å². The standard InChI is InChI=1S/C18H20NO2/c1-20-16-8-4-14(5-9-16)18(12-3-13-19-18)15-6-10-17(21-2)11-7-15/h4-11H,3,12-13H2,1-2H3. The number of hydrogen-bond acceptors (Lipinski definition) is 2. The molecule has 0 saturated carbocycles. The lowest BCUT2D eigenvalue weighted by Gasteiger charge is -2.29. The van der Waals surface area contributed by atoms with Gasteiger partial charge < -0.3 is 9.47 Å². The largest absolute Gasteiger partial charge is 0.497 e. The summed E-state index contributed by atoms with van der Waals surface area (Å²) in [7, 11) is 3.38. The van der Waals surface area contributed by atoms with E-state index in [0.717, 1.165) is 30.9 Å². The molecule has 0 aliphatic carbocycles. The van der Waals surface area contributed by atoms with Crippen LogP contribution in [0.2, 0.25) is 0 Å². The van der Waals surface area contributed by atoms with Crippen LogP contribution in [0.5, 0.6) is 11.5 Å². The normalized spacial score (nSPS) is 16.7. The Balaban J connectivity index is 2.01. The molecule has 0 bridgehead atoms. The minimum atomic E-state index is -0.224. The van der Waals surface area contributed by atoms with Gasteiger partial charge in [-0.15, -0.1) is 0 Å². The van der Waals surface area contributed by atoms with Crippen molar-refractivity contribution in [2.45, 2.75) is 18.4 Å². The van der Waals surface area contributed by atoms with Crippen molar-refractivity contribution in [2.24, 2.45) is 0 Å². The van der Waals surface area contributed by atoms with E-state index in [9.17, 15) is 0 Å². The number of hydrogen-bond donors (Lipinski definition) is 0. The first-order chi connectivity index (χ1) is 10.3. The summed E-state index contributed by atoms with van der Waals surface area (Å²) in [5, 5.41) is 4.94. The number of benzene rings is 2. The molecule has 3 nitrogen and oxygen atoms in total. The summed E-state index contributed by atoms with van der Waals surface area (Å²) < 4.78 is 10.5. The molecule has 1 aliphatic heterocycles. The van der Waals surface area contributed by atoms with Crippen LogP contribution in [0.25, 0.3) is 0 Å². The molecule has 21 heavy (non-hydrogen) atoms. The second-order valence-electron chi connectivity index (χ2n) is 5.30. The highest BCUT2D eigenvalue weighted by molar-refractivity contribution is 5.43. The Bertz CT molecular complexity index is 534. The van der Waals surface area contributed by atoms with Crippen molar-refractivity contribution in [2.75, 3.05) is 20.8 Å². The van der Waals surface area contributed by atoms with Gasteiger partial charge in [0.15, 0.2) is 0 Å². The van der Waals surface area contributed by atoms with Gasteiger partial charge in [-0.1, -0.05) is 24.3 Å². The molecule has 0 atom stereocenters. The van der Waals surface area contributed by atoms with Crippen LogP contribution in [-0.4, -0.2) is 20.8 Å². The fourth-order valence-electron chi connectivity index (χ4n) is 3.06. The van der Waals surface area contributed by atoms with Gasteiger partial charge in [-0.25, -0.2) is 5.32 Å². The van der Waals surface area contributed by atoms with Crippen LogP contribution in [0.15, 0.2) is 48.5 Å². The second-order valence-corrected chi connectivity index (χ2v) is 5.30. The van der Waals surface area contributed by atoms with Crippen molar-refractivity contribution in [1.29, 1.82) is 0 Å². The molecule has 109 valence electrons. The fraction of sp³-hybridized carbons (Fsp3) is 0.333. The minimum Gasteiger partial charge on any atom is -0.497 e. The summed E-state index contributed by atoms with van der Waals surface area (Å²) in [4.78, 5) is 0. The lowest BCUT2D eigenvalue weighted by atomic mass is 9.81. The van der Waals surface area contributed by atoms with Gasteiger partial charge in [0, 0.05) is 6.54 Å². The highest BCUT2D eigenvalue weighted by Gasteiger charge is 2.38. The van der Waals surface area contributed by atoms with Gasteiger partial charge in [0.1, 0.15) is 11.5 Å². The summed E-state index contributed by atoms with van der Waals surface area (Å²) in [6, 6.07) is 16.5. The Kier molecular flexibility index (Phi) is 3.84. The van der Waals surface area contributed by atoms with E-state index >= 15 is 0 Å². The van der Waals surface area contributed by atoms with Crippen LogP contribution < -0.4 is 14.8 Å². The van der Waals surface area contributed by atoms with Gasteiger partial charge in [0.2, 0.25) is 0 Å². The molecule has 0 N–H and O–H groups in total. The number of methoxy groups -OCH3 is 2. The van der Waals surface area contributed by atoms with Gasteiger partial charge in [-0.3, -0.25) is 0 Å². The fourth-order valence-corrected chi connectivity index (χ4v) is 3.06. The average molecular weight is 282 g/mol. The number of rotatable bonds is 4. The monoisotopic (exact) mass is 282 g/mol. The van der Waals surface area contributed by atoms with Crippen molar-refractivity contribution in [3.63, 3.8) is 0 Å². The maximum atomic E-state index is 5.25. The van der Waals surface area contributed by atoms with Crippen LogP contribution in [0, 0.1) is 0 Å². The molecule has 0 aromatic heterocycles. The van der Waals surface area contributed by atoms with Crippen LogP contribution in [0.1, 0.15) is 24.0 Å². The number of nitrogens with zero attached hydrogens (tertiary/aromatic N) is 1. The van der Waals surface area contributed by atoms with E-state index < -0.39 is 0 Å². The summed E-state index contributed by atoms with van der Waals surface area (Å²) in [6.45, 7) is 0.915. The van der Waals surface area contributed by atoms with Gasteiger partial charge >= 0.3 is 0 Å². The van der Waals surface area contributed by atoms with Crippen molar-refractivity contribution >= 4 is 0 Å². The molecule has 1 heterocycles. The van der Waals surface area contributed by atoms with E-state index in [4.69, 9.17) is 14.8 Å². The van der Waals surface area contributed by atoms with E-state index in [1.165, 1.54) is 11.1 Å². The molecule has 3 rings (SSSR count). The molecule has 1 radical (unpaired) electrons. The van der Waals surface area contributed by atoms with Gasteiger partial charge in [-0.05, 0) is 48.2 Å². The molecule has 0 spiro atoms. The smallest absolute Gasteiger partial charge is 0.118 e. The molecule has 3 heteroatoms. The first-order valence-electron chi connectivity index (χ1n) is 7.26. The van der Waals surface area contributed by atoms with Crippen LogP contribution in [-0.2, 0) is 5.54 Å². The van der Waals surface area contributed by atoms with Crippen molar-refractivity contribution in [3.8, 4) is 11.5 Å².